The average Bonchev–Trinajstić information content (AvgIpc) is 1.88. The third-order valence-corrected chi connectivity index (χ3v) is 1.34. The highest BCUT2D eigenvalue weighted by Crippen LogP contribution is 2.08. The smallest absolute Gasteiger partial charge is 0.183 e. The second kappa shape index (κ2) is 5.29. The lowest BCUT2D eigenvalue weighted by Crippen LogP contribution is -2.29. The first-order chi connectivity index (χ1) is 5.11. The standard InChI is InChI=1S/C8H16O3/c1-6(2)5-7(9)8(10-3)11-4/h7-9H,1,5H2,2-4H3. The predicted octanol–water partition coefficient (Wildman–Crippen LogP) is 0.932. The summed E-state index contributed by atoms with van der Waals surface area (Å²) < 4.78 is 9.70. The summed E-state index contributed by atoms with van der Waals surface area (Å²) in [6.07, 6.45) is -0.666. The molecule has 0 saturated heterocycles. The van der Waals surface area contributed by atoms with Crippen LogP contribution in [0.25, 0.3) is 0 Å². The van der Waals surface area contributed by atoms with Gasteiger partial charge in [0.1, 0.15) is 6.10 Å². The van der Waals surface area contributed by atoms with Crippen molar-refractivity contribution in [2.45, 2.75) is 25.7 Å². The lowest BCUT2D eigenvalue weighted by molar-refractivity contribution is -0.163. The highest BCUT2D eigenvalue weighted by molar-refractivity contribution is 4.91. The van der Waals surface area contributed by atoms with Crippen LogP contribution in [0.5, 0.6) is 0 Å². The van der Waals surface area contributed by atoms with Crippen molar-refractivity contribution in [1.82, 2.24) is 0 Å². The molecule has 3 nitrogen and oxygen atoms in total. The number of aliphatic hydroxyl groups excluding tert-OH is 1. The second-order valence-electron chi connectivity index (χ2n) is 2.57. The number of hydrogen-bond donors (Lipinski definition) is 1. The second-order valence-corrected chi connectivity index (χ2v) is 2.57. The molecule has 1 N–H and O–H groups in total. The summed E-state index contributed by atoms with van der Waals surface area (Å²) in [4.78, 5) is 0. The number of rotatable bonds is 5. The maximum absolute atomic E-state index is 9.37. The van der Waals surface area contributed by atoms with Crippen molar-refractivity contribution in [3.63, 3.8) is 0 Å². The lowest BCUT2D eigenvalue weighted by atomic mass is 10.1. The van der Waals surface area contributed by atoms with E-state index in [-0.39, 0.29) is 0 Å². The zero-order chi connectivity index (χ0) is 8.85. The summed E-state index contributed by atoms with van der Waals surface area (Å²) in [5, 5.41) is 9.37. The summed E-state index contributed by atoms with van der Waals surface area (Å²) in [5.74, 6) is 0. The molecule has 0 heterocycles. The number of hydrogen-bond acceptors (Lipinski definition) is 3. The van der Waals surface area contributed by atoms with E-state index in [4.69, 9.17) is 9.47 Å². The van der Waals surface area contributed by atoms with Crippen LogP contribution in [0.3, 0.4) is 0 Å². The van der Waals surface area contributed by atoms with Gasteiger partial charge in [-0.2, -0.15) is 0 Å². The van der Waals surface area contributed by atoms with Gasteiger partial charge in [0.15, 0.2) is 6.29 Å². The van der Waals surface area contributed by atoms with E-state index in [2.05, 4.69) is 6.58 Å². The van der Waals surface area contributed by atoms with Crippen LogP contribution in [-0.2, 0) is 9.47 Å². The van der Waals surface area contributed by atoms with Crippen LogP contribution in [0.15, 0.2) is 12.2 Å². The van der Waals surface area contributed by atoms with E-state index in [9.17, 15) is 5.11 Å². The SMILES string of the molecule is C=C(C)CC(O)C(OC)OC. The summed E-state index contributed by atoms with van der Waals surface area (Å²) in [6, 6.07) is 0. The quantitative estimate of drug-likeness (QED) is 0.480. The van der Waals surface area contributed by atoms with Gasteiger partial charge < -0.3 is 14.6 Å². The largest absolute Gasteiger partial charge is 0.387 e. The minimum atomic E-state index is -0.623. The van der Waals surface area contributed by atoms with Crippen LogP contribution in [-0.4, -0.2) is 31.7 Å². The zero-order valence-corrected chi connectivity index (χ0v) is 7.33. The highest BCUT2D eigenvalue weighted by Gasteiger charge is 2.17. The molecule has 0 saturated carbocycles. The molecule has 3 heteroatoms. The Labute approximate surface area is 67.6 Å². The van der Waals surface area contributed by atoms with Crippen molar-refractivity contribution >= 4 is 0 Å². The van der Waals surface area contributed by atoms with Gasteiger partial charge in [-0.15, -0.1) is 6.58 Å². The maximum atomic E-state index is 9.37. The van der Waals surface area contributed by atoms with E-state index in [1.165, 1.54) is 14.2 Å². The van der Waals surface area contributed by atoms with Gasteiger partial charge in [-0.25, -0.2) is 0 Å². The molecule has 0 aliphatic rings. The van der Waals surface area contributed by atoms with Crippen LogP contribution in [0.2, 0.25) is 0 Å². The third kappa shape index (κ3) is 4.14. The zero-order valence-electron chi connectivity index (χ0n) is 7.33. The molecule has 0 spiro atoms. The first-order valence-electron chi connectivity index (χ1n) is 3.49. The normalized spacial score (nSPS) is 13.5. The molecule has 66 valence electrons. The molecular formula is C8H16O3. The van der Waals surface area contributed by atoms with Crippen molar-refractivity contribution in [3.05, 3.63) is 12.2 Å². The maximum Gasteiger partial charge on any atom is 0.183 e. The molecule has 0 aromatic heterocycles. The van der Waals surface area contributed by atoms with E-state index in [1.807, 2.05) is 6.92 Å². The Bertz CT molecular complexity index is 119. The first kappa shape index (κ1) is 10.6. The Kier molecular flexibility index (Phi) is 5.11. The number of ether oxygens (including phenoxy) is 2. The lowest BCUT2D eigenvalue weighted by Gasteiger charge is -2.19. The monoisotopic (exact) mass is 160 g/mol. The van der Waals surface area contributed by atoms with Crippen LogP contribution >= 0.6 is 0 Å². The molecule has 0 aliphatic heterocycles. The van der Waals surface area contributed by atoms with Gasteiger partial charge in [-0.3, -0.25) is 0 Å². The molecular weight excluding hydrogens is 144 g/mol. The Morgan fingerprint density at radius 1 is 1.45 bits per heavy atom. The molecule has 0 aliphatic carbocycles. The summed E-state index contributed by atoms with van der Waals surface area (Å²) in [7, 11) is 2.99. The fraction of sp³-hybridized carbons (Fsp3) is 0.750. The molecule has 11 heavy (non-hydrogen) atoms. The minimum absolute atomic E-state index is 0.506. The summed E-state index contributed by atoms with van der Waals surface area (Å²) >= 11 is 0. The van der Waals surface area contributed by atoms with Crippen LogP contribution in [0.4, 0.5) is 0 Å². The van der Waals surface area contributed by atoms with E-state index in [0.717, 1.165) is 5.57 Å². The molecule has 0 radical (unpaired) electrons. The van der Waals surface area contributed by atoms with Gasteiger partial charge >= 0.3 is 0 Å². The van der Waals surface area contributed by atoms with Crippen LogP contribution < -0.4 is 0 Å². The summed E-state index contributed by atoms with van der Waals surface area (Å²) in [5.41, 5.74) is 0.914. The Morgan fingerprint density at radius 3 is 2.18 bits per heavy atom. The van der Waals surface area contributed by atoms with Crippen molar-refractivity contribution in [1.29, 1.82) is 0 Å². The average molecular weight is 160 g/mol. The van der Waals surface area contributed by atoms with Gasteiger partial charge in [-0.1, -0.05) is 5.57 Å². The summed E-state index contributed by atoms with van der Waals surface area (Å²) in [6.45, 7) is 5.53. The Hall–Kier alpha value is -0.380. The fourth-order valence-electron chi connectivity index (χ4n) is 0.864. The predicted molar refractivity (Wildman–Crippen MR) is 43.2 cm³/mol. The molecule has 0 aromatic carbocycles. The van der Waals surface area contributed by atoms with Crippen LogP contribution in [0.1, 0.15) is 13.3 Å². The van der Waals surface area contributed by atoms with Crippen LogP contribution in [0, 0.1) is 0 Å². The van der Waals surface area contributed by atoms with E-state index in [1.54, 1.807) is 0 Å². The Morgan fingerprint density at radius 2 is 1.91 bits per heavy atom. The van der Waals surface area contributed by atoms with Crippen molar-refractivity contribution < 1.29 is 14.6 Å². The molecule has 0 fully saturated rings. The number of methoxy groups -OCH3 is 2. The van der Waals surface area contributed by atoms with Gasteiger partial charge in [0.2, 0.25) is 0 Å². The van der Waals surface area contributed by atoms with Crippen molar-refractivity contribution in [2.24, 2.45) is 0 Å². The molecule has 0 bridgehead atoms. The highest BCUT2D eigenvalue weighted by atomic mass is 16.7. The molecule has 1 atom stereocenters. The molecule has 0 aromatic rings. The van der Waals surface area contributed by atoms with Gasteiger partial charge in [0.05, 0.1) is 0 Å². The van der Waals surface area contributed by atoms with E-state index >= 15 is 0 Å². The van der Waals surface area contributed by atoms with Gasteiger partial charge in [-0.05, 0) is 13.3 Å². The molecule has 0 rings (SSSR count). The molecule has 0 amide bonds. The topological polar surface area (TPSA) is 38.7 Å². The van der Waals surface area contributed by atoms with E-state index in [0.29, 0.717) is 6.42 Å². The number of aliphatic hydroxyl groups is 1. The third-order valence-electron chi connectivity index (χ3n) is 1.34. The first-order valence-corrected chi connectivity index (χ1v) is 3.49. The van der Waals surface area contributed by atoms with Crippen molar-refractivity contribution in [3.8, 4) is 0 Å². The molecule has 1 unspecified atom stereocenters. The fourth-order valence-corrected chi connectivity index (χ4v) is 0.864. The van der Waals surface area contributed by atoms with E-state index < -0.39 is 12.4 Å². The van der Waals surface area contributed by atoms with Gasteiger partial charge in [0, 0.05) is 14.2 Å². The minimum Gasteiger partial charge on any atom is -0.387 e. The van der Waals surface area contributed by atoms with Gasteiger partial charge in [0.25, 0.3) is 0 Å². The Balaban J connectivity index is 3.78. The van der Waals surface area contributed by atoms with Crippen molar-refractivity contribution in [2.75, 3.05) is 14.2 Å².